The van der Waals surface area contributed by atoms with Gasteiger partial charge in [-0.1, -0.05) is 25.9 Å². The summed E-state index contributed by atoms with van der Waals surface area (Å²) in [6, 6.07) is 0. The number of rotatable bonds is 3. The van der Waals surface area contributed by atoms with Gasteiger partial charge < -0.3 is 15.8 Å². The number of carbonyl (C=O) groups excluding carboxylic acids is 1. The highest BCUT2D eigenvalue weighted by atomic mass is 16.4. The average molecular weight is 201 g/mol. The molecule has 0 saturated heterocycles. The van der Waals surface area contributed by atoms with E-state index in [2.05, 4.69) is 5.16 Å². The molecule has 0 aliphatic rings. The summed E-state index contributed by atoms with van der Waals surface area (Å²) < 4.78 is 0. The lowest BCUT2D eigenvalue weighted by Gasteiger charge is -2.27. The number of amides is 1. The third-order valence-corrected chi connectivity index (χ3v) is 1.79. The normalized spacial score (nSPS) is 12.7. The van der Waals surface area contributed by atoms with Gasteiger partial charge in [-0.2, -0.15) is 0 Å². The molecule has 0 spiro atoms. The zero-order valence-corrected chi connectivity index (χ0v) is 9.24. The van der Waals surface area contributed by atoms with E-state index in [9.17, 15) is 4.79 Å². The van der Waals surface area contributed by atoms with E-state index in [4.69, 9.17) is 10.9 Å². The molecule has 5 heteroatoms. The minimum Gasteiger partial charge on any atom is -0.409 e. The van der Waals surface area contributed by atoms with Crippen molar-refractivity contribution in [2.45, 2.75) is 27.7 Å². The SMILES string of the molecule is CCN(CC(N)=NO)C(=O)C(C)(C)C. The lowest BCUT2D eigenvalue weighted by molar-refractivity contribution is -0.138. The summed E-state index contributed by atoms with van der Waals surface area (Å²) >= 11 is 0. The van der Waals surface area contributed by atoms with Gasteiger partial charge in [-0.15, -0.1) is 0 Å². The maximum absolute atomic E-state index is 11.8. The summed E-state index contributed by atoms with van der Waals surface area (Å²) in [5.41, 5.74) is 4.90. The second-order valence-electron chi connectivity index (χ2n) is 4.16. The van der Waals surface area contributed by atoms with Crippen LogP contribution in [0, 0.1) is 5.41 Å². The predicted molar refractivity (Wildman–Crippen MR) is 55.1 cm³/mol. The molecule has 0 atom stereocenters. The zero-order chi connectivity index (χ0) is 11.4. The first kappa shape index (κ1) is 12.7. The molecule has 14 heavy (non-hydrogen) atoms. The van der Waals surface area contributed by atoms with Gasteiger partial charge in [-0.05, 0) is 6.92 Å². The van der Waals surface area contributed by atoms with Gasteiger partial charge in [-0.3, -0.25) is 4.79 Å². The Bertz CT molecular complexity index is 231. The van der Waals surface area contributed by atoms with Gasteiger partial charge in [0.25, 0.3) is 0 Å². The number of oxime groups is 1. The average Bonchev–Trinajstić information content (AvgIpc) is 2.11. The molecule has 0 aliphatic carbocycles. The molecule has 0 aromatic carbocycles. The van der Waals surface area contributed by atoms with Crippen LogP contribution in [-0.4, -0.2) is 34.9 Å². The monoisotopic (exact) mass is 201 g/mol. The third-order valence-electron chi connectivity index (χ3n) is 1.79. The summed E-state index contributed by atoms with van der Waals surface area (Å²) in [5, 5.41) is 11.2. The molecule has 0 rings (SSSR count). The molecule has 5 nitrogen and oxygen atoms in total. The lowest BCUT2D eigenvalue weighted by atomic mass is 9.95. The number of amidine groups is 1. The Hall–Kier alpha value is -1.26. The van der Waals surface area contributed by atoms with Crippen LogP contribution in [0.3, 0.4) is 0 Å². The van der Waals surface area contributed by atoms with Crippen molar-refractivity contribution in [1.82, 2.24) is 4.90 Å². The number of likely N-dealkylation sites (N-methyl/N-ethyl adjacent to an activating group) is 1. The van der Waals surface area contributed by atoms with Crippen LogP contribution in [0.25, 0.3) is 0 Å². The van der Waals surface area contributed by atoms with Crippen molar-refractivity contribution in [3.63, 3.8) is 0 Å². The molecule has 0 unspecified atom stereocenters. The Morgan fingerprint density at radius 3 is 2.29 bits per heavy atom. The van der Waals surface area contributed by atoms with Crippen molar-refractivity contribution in [1.29, 1.82) is 0 Å². The topological polar surface area (TPSA) is 78.9 Å². The van der Waals surface area contributed by atoms with Crippen molar-refractivity contribution < 1.29 is 10.0 Å². The van der Waals surface area contributed by atoms with E-state index in [-0.39, 0.29) is 18.3 Å². The minimum atomic E-state index is -0.439. The van der Waals surface area contributed by atoms with Crippen LogP contribution in [0.4, 0.5) is 0 Å². The van der Waals surface area contributed by atoms with E-state index < -0.39 is 5.41 Å². The summed E-state index contributed by atoms with van der Waals surface area (Å²) in [6.45, 7) is 8.09. The fourth-order valence-electron chi connectivity index (χ4n) is 1.03. The Morgan fingerprint density at radius 1 is 1.50 bits per heavy atom. The molecule has 0 bridgehead atoms. The van der Waals surface area contributed by atoms with Crippen molar-refractivity contribution >= 4 is 11.7 Å². The number of hydrogen-bond acceptors (Lipinski definition) is 3. The van der Waals surface area contributed by atoms with E-state index in [1.54, 1.807) is 4.90 Å². The number of carbonyl (C=O) groups is 1. The fourth-order valence-corrected chi connectivity index (χ4v) is 1.03. The molecule has 0 aromatic heterocycles. The highest BCUT2D eigenvalue weighted by Gasteiger charge is 2.26. The van der Waals surface area contributed by atoms with E-state index in [0.29, 0.717) is 6.54 Å². The Morgan fingerprint density at radius 2 is 2.00 bits per heavy atom. The molecule has 0 aromatic rings. The molecule has 82 valence electrons. The van der Waals surface area contributed by atoms with Crippen molar-refractivity contribution in [3.8, 4) is 0 Å². The molecule has 3 N–H and O–H groups in total. The Kier molecular flexibility index (Phi) is 4.40. The predicted octanol–water partition coefficient (Wildman–Crippen LogP) is 0.627. The van der Waals surface area contributed by atoms with Crippen LogP contribution >= 0.6 is 0 Å². The Balaban J connectivity index is 4.51. The van der Waals surface area contributed by atoms with Gasteiger partial charge in [0.2, 0.25) is 5.91 Å². The second kappa shape index (κ2) is 4.83. The van der Waals surface area contributed by atoms with Crippen molar-refractivity contribution in [2.75, 3.05) is 13.1 Å². The van der Waals surface area contributed by atoms with Crippen LogP contribution < -0.4 is 5.73 Å². The van der Waals surface area contributed by atoms with E-state index in [1.807, 2.05) is 27.7 Å². The van der Waals surface area contributed by atoms with Crippen LogP contribution in [0.15, 0.2) is 5.16 Å². The van der Waals surface area contributed by atoms with Gasteiger partial charge in [0.05, 0.1) is 6.54 Å². The maximum Gasteiger partial charge on any atom is 0.228 e. The summed E-state index contributed by atoms with van der Waals surface area (Å²) in [4.78, 5) is 13.3. The van der Waals surface area contributed by atoms with Crippen LogP contribution in [0.5, 0.6) is 0 Å². The smallest absolute Gasteiger partial charge is 0.228 e. The minimum absolute atomic E-state index is 0.00778. The molecule has 0 aliphatic heterocycles. The molecule has 0 heterocycles. The summed E-state index contributed by atoms with van der Waals surface area (Å²) in [7, 11) is 0. The molecular weight excluding hydrogens is 182 g/mol. The van der Waals surface area contributed by atoms with E-state index in [0.717, 1.165) is 0 Å². The van der Waals surface area contributed by atoms with E-state index >= 15 is 0 Å². The van der Waals surface area contributed by atoms with E-state index in [1.165, 1.54) is 0 Å². The molecule has 1 amide bonds. The molecular formula is C9H19N3O2. The van der Waals surface area contributed by atoms with Crippen molar-refractivity contribution in [2.24, 2.45) is 16.3 Å². The first-order valence-corrected chi connectivity index (χ1v) is 4.58. The largest absolute Gasteiger partial charge is 0.409 e. The summed E-state index contributed by atoms with van der Waals surface area (Å²) in [6.07, 6.45) is 0. The summed E-state index contributed by atoms with van der Waals surface area (Å²) in [5.74, 6) is 0.0380. The first-order chi connectivity index (χ1) is 6.32. The van der Waals surface area contributed by atoms with Crippen molar-refractivity contribution in [3.05, 3.63) is 0 Å². The second-order valence-corrected chi connectivity index (χ2v) is 4.16. The van der Waals surface area contributed by atoms with Crippen LogP contribution in [-0.2, 0) is 4.79 Å². The maximum atomic E-state index is 11.8. The first-order valence-electron chi connectivity index (χ1n) is 4.58. The number of nitrogens with zero attached hydrogens (tertiary/aromatic N) is 2. The van der Waals surface area contributed by atoms with Gasteiger partial charge in [0.1, 0.15) is 0 Å². The Labute approximate surface area is 84.6 Å². The number of nitrogens with two attached hydrogens (primary N) is 1. The highest BCUT2D eigenvalue weighted by Crippen LogP contribution is 2.16. The van der Waals surface area contributed by atoms with Gasteiger partial charge in [-0.25, -0.2) is 0 Å². The van der Waals surface area contributed by atoms with Gasteiger partial charge in [0.15, 0.2) is 5.84 Å². The molecule has 0 radical (unpaired) electrons. The fraction of sp³-hybridized carbons (Fsp3) is 0.778. The quantitative estimate of drug-likeness (QED) is 0.304. The molecule has 0 fully saturated rings. The third kappa shape index (κ3) is 3.64. The number of hydrogen-bond donors (Lipinski definition) is 2. The zero-order valence-electron chi connectivity index (χ0n) is 9.24. The standard InChI is InChI=1S/C9H19N3O2/c1-5-12(6-7(10)11-14)8(13)9(2,3)4/h14H,5-6H2,1-4H3,(H2,10,11). The molecule has 0 saturated carbocycles. The van der Waals surface area contributed by atoms with Crippen LogP contribution in [0.2, 0.25) is 0 Å². The van der Waals surface area contributed by atoms with Gasteiger partial charge >= 0.3 is 0 Å². The highest BCUT2D eigenvalue weighted by molar-refractivity contribution is 5.88. The lowest BCUT2D eigenvalue weighted by Crippen LogP contribution is -2.43. The van der Waals surface area contributed by atoms with Gasteiger partial charge in [0, 0.05) is 12.0 Å². The van der Waals surface area contributed by atoms with Crippen LogP contribution in [0.1, 0.15) is 27.7 Å².